The Balaban J connectivity index is 1.73. The zero-order valence-corrected chi connectivity index (χ0v) is 12.2. The SMILES string of the molecule is Nc1nnc(S(=O)(=O)N2CCC(N3CCCC3)C2)s1. The summed E-state index contributed by atoms with van der Waals surface area (Å²) in [6.45, 7) is 3.29. The lowest BCUT2D eigenvalue weighted by atomic mass is 10.2. The van der Waals surface area contributed by atoms with Crippen LogP contribution < -0.4 is 5.73 Å². The van der Waals surface area contributed by atoms with Gasteiger partial charge < -0.3 is 5.73 Å². The average Bonchev–Trinajstić information content (AvgIpc) is 3.10. The fraction of sp³-hybridized carbons (Fsp3) is 0.800. The van der Waals surface area contributed by atoms with E-state index in [9.17, 15) is 8.42 Å². The Bertz CT molecular complexity index is 552. The van der Waals surface area contributed by atoms with Crippen LogP contribution in [0.1, 0.15) is 19.3 Å². The van der Waals surface area contributed by atoms with Gasteiger partial charge in [-0.1, -0.05) is 11.3 Å². The molecule has 2 aliphatic heterocycles. The summed E-state index contributed by atoms with van der Waals surface area (Å²) in [5, 5.41) is 7.42. The number of nitrogens with two attached hydrogens (primary N) is 1. The third-order valence-corrected chi connectivity index (χ3v) is 6.73. The van der Waals surface area contributed by atoms with Crippen molar-refractivity contribution in [2.24, 2.45) is 0 Å². The van der Waals surface area contributed by atoms with Crippen molar-refractivity contribution in [3.8, 4) is 0 Å². The van der Waals surface area contributed by atoms with Gasteiger partial charge >= 0.3 is 0 Å². The van der Waals surface area contributed by atoms with Crippen LogP contribution >= 0.6 is 11.3 Å². The number of nitrogen functional groups attached to an aromatic ring is 1. The molecule has 106 valence electrons. The number of sulfonamides is 1. The number of aromatic nitrogens is 2. The normalized spacial score (nSPS) is 26.2. The van der Waals surface area contributed by atoms with Gasteiger partial charge in [-0.05, 0) is 32.4 Å². The minimum atomic E-state index is -3.51. The van der Waals surface area contributed by atoms with Gasteiger partial charge in [0.2, 0.25) is 9.47 Å². The van der Waals surface area contributed by atoms with Crippen molar-refractivity contribution in [2.45, 2.75) is 29.6 Å². The fourth-order valence-electron chi connectivity index (χ4n) is 2.77. The number of rotatable bonds is 3. The van der Waals surface area contributed by atoms with E-state index in [1.54, 1.807) is 0 Å². The first-order chi connectivity index (χ1) is 9.07. The van der Waals surface area contributed by atoms with Crippen molar-refractivity contribution in [2.75, 3.05) is 31.9 Å². The first kappa shape index (κ1) is 13.2. The molecule has 0 spiro atoms. The van der Waals surface area contributed by atoms with Gasteiger partial charge in [0.25, 0.3) is 10.0 Å². The summed E-state index contributed by atoms with van der Waals surface area (Å²) in [6, 6.07) is 0.350. The minimum Gasteiger partial charge on any atom is -0.374 e. The quantitative estimate of drug-likeness (QED) is 0.843. The van der Waals surface area contributed by atoms with Crippen molar-refractivity contribution >= 4 is 26.5 Å². The molecule has 2 N–H and O–H groups in total. The molecule has 0 saturated carbocycles. The van der Waals surface area contributed by atoms with Crippen LogP contribution in [0.25, 0.3) is 0 Å². The number of hydrogen-bond donors (Lipinski definition) is 1. The fourth-order valence-corrected chi connectivity index (χ4v) is 5.18. The lowest BCUT2D eigenvalue weighted by Gasteiger charge is -2.23. The van der Waals surface area contributed by atoms with E-state index in [0.29, 0.717) is 19.1 Å². The standard InChI is InChI=1S/C10H17N5O2S2/c11-9-12-13-10(18-9)19(16,17)15-6-3-8(7-15)14-4-1-2-5-14/h8H,1-7H2,(H2,11,12). The lowest BCUT2D eigenvalue weighted by Crippen LogP contribution is -2.37. The van der Waals surface area contributed by atoms with Crippen molar-refractivity contribution in [1.82, 2.24) is 19.4 Å². The molecule has 0 aromatic carbocycles. The van der Waals surface area contributed by atoms with E-state index in [4.69, 9.17) is 5.73 Å². The Labute approximate surface area is 116 Å². The van der Waals surface area contributed by atoms with Crippen molar-refractivity contribution in [3.05, 3.63) is 0 Å². The molecular weight excluding hydrogens is 286 g/mol. The molecule has 9 heteroatoms. The second-order valence-electron chi connectivity index (χ2n) is 4.95. The van der Waals surface area contributed by atoms with E-state index in [1.807, 2.05) is 0 Å². The second-order valence-corrected chi connectivity index (χ2v) is 8.08. The number of nitrogens with zero attached hydrogens (tertiary/aromatic N) is 4. The maximum absolute atomic E-state index is 12.4. The highest BCUT2D eigenvalue weighted by atomic mass is 32.2. The molecule has 3 heterocycles. The Morgan fingerprint density at radius 1 is 1.21 bits per heavy atom. The zero-order chi connectivity index (χ0) is 13.5. The first-order valence-electron chi connectivity index (χ1n) is 6.40. The molecule has 2 saturated heterocycles. The molecule has 1 aromatic rings. The Morgan fingerprint density at radius 2 is 1.95 bits per heavy atom. The van der Waals surface area contributed by atoms with E-state index in [2.05, 4.69) is 15.1 Å². The summed E-state index contributed by atoms with van der Waals surface area (Å²) in [7, 11) is -3.51. The third-order valence-electron chi connectivity index (χ3n) is 3.77. The topological polar surface area (TPSA) is 92.4 Å². The van der Waals surface area contributed by atoms with Gasteiger partial charge in [0.05, 0.1) is 0 Å². The largest absolute Gasteiger partial charge is 0.374 e. The van der Waals surface area contributed by atoms with Gasteiger partial charge in [-0.25, -0.2) is 8.42 Å². The van der Waals surface area contributed by atoms with Crippen LogP contribution in [0.3, 0.4) is 0 Å². The van der Waals surface area contributed by atoms with Gasteiger partial charge in [-0.15, -0.1) is 10.2 Å². The van der Waals surface area contributed by atoms with Crippen LogP contribution in [-0.2, 0) is 10.0 Å². The van der Waals surface area contributed by atoms with Crippen LogP contribution in [0.5, 0.6) is 0 Å². The van der Waals surface area contributed by atoms with Crippen molar-refractivity contribution in [3.63, 3.8) is 0 Å². The van der Waals surface area contributed by atoms with E-state index in [-0.39, 0.29) is 9.47 Å². The smallest absolute Gasteiger partial charge is 0.272 e. The molecular formula is C10H17N5O2S2. The van der Waals surface area contributed by atoms with E-state index < -0.39 is 10.0 Å². The lowest BCUT2D eigenvalue weighted by molar-refractivity contribution is 0.251. The number of likely N-dealkylation sites (tertiary alicyclic amines) is 1. The Hall–Kier alpha value is -0.770. The summed E-state index contributed by atoms with van der Waals surface area (Å²) in [6.07, 6.45) is 3.33. The van der Waals surface area contributed by atoms with Crippen molar-refractivity contribution < 1.29 is 8.42 Å². The number of hydrogen-bond acceptors (Lipinski definition) is 7. The molecule has 1 aromatic heterocycles. The summed E-state index contributed by atoms with van der Waals surface area (Å²) >= 11 is 0.927. The molecule has 2 aliphatic rings. The molecule has 0 bridgehead atoms. The molecule has 0 aliphatic carbocycles. The van der Waals surface area contributed by atoms with Crippen molar-refractivity contribution in [1.29, 1.82) is 0 Å². The summed E-state index contributed by atoms with van der Waals surface area (Å²) < 4.78 is 26.3. The van der Waals surface area contributed by atoms with E-state index in [1.165, 1.54) is 17.1 Å². The molecule has 1 atom stereocenters. The average molecular weight is 303 g/mol. The van der Waals surface area contributed by atoms with Crippen LogP contribution in [0.2, 0.25) is 0 Å². The van der Waals surface area contributed by atoms with Crippen LogP contribution in [-0.4, -0.2) is 60.0 Å². The van der Waals surface area contributed by atoms with E-state index in [0.717, 1.165) is 30.8 Å². The van der Waals surface area contributed by atoms with Gasteiger partial charge in [0, 0.05) is 19.1 Å². The highest BCUT2D eigenvalue weighted by molar-refractivity contribution is 7.91. The third kappa shape index (κ3) is 2.47. The van der Waals surface area contributed by atoms with Gasteiger partial charge in [-0.2, -0.15) is 4.31 Å². The van der Waals surface area contributed by atoms with Gasteiger partial charge in [-0.3, -0.25) is 4.90 Å². The Kier molecular flexibility index (Phi) is 3.46. The highest BCUT2D eigenvalue weighted by Gasteiger charge is 2.37. The van der Waals surface area contributed by atoms with Crippen LogP contribution in [0.4, 0.5) is 5.13 Å². The minimum absolute atomic E-state index is 0.00655. The highest BCUT2D eigenvalue weighted by Crippen LogP contribution is 2.27. The summed E-state index contributed by atoms with van der Waals surface area (Å²) in [4.78, 5) is 2.39. The van der Waals surface area contributed by atoms with Gasteiger partial charge in [0.15, 0.2) is 0 Å². The Morgan fingerprint density at radius 3 is 2.58 bits per heavy atom. The van der Waals surface area contributed by atoms with Crippen LogP contribution in [0.15, 0.2) is 4.34 Å². The molecule has 19 heavy (non-hydrogen) atoms. The predicted octanol–water partition coefficient (Wildman–Crippen LogP) is -0.0209. The summed E-state index contributed by atoms with van der Waals surface area (Å²) in [5.41, 5.74) is 5.45. The molecule has 7 nitrogen and oxygen atoms in total. The molecule has 3 rings (SSSR count). The first-order valence-corrected chi connectivity index (χ1v) is 8.66. The molecule has 2 fully saturated rings. The molecule has 0 amide bonds. The number of anilines is 1. The molecule has 0 radical (unpaired) electrons. The predicted molar refractivity (Wildman–Crippen MR) is 72.3 cm³/mol. The second kappa shape index (κ2) is 4.97. The van der Waals surface area contributed by atoms with E-state index >= 15 is 0 Å². The van der Waals surface area contributed by atoms with Crippen LogP contribution in [0, 0.1) is 0 Å². The van der Waals surface area contributed by atoms with Gasteiger partial charge in [0.1, 0.15) is 0 Å². The zero-order valence-electron chi connectivity index (χ0n) is 10.5. The summed E-state index contributed by atoms with van der Waals surface area (Å²) in [5.74, 6) is 0. The molecule has 1 unspecified atom stereocenters. The monoisotopic (exact) mass is 303 g/mol. The maximum Gasteiger partial charge on any atom is 0.272 e. The maximum atomic E-state index is 12.4.